The minimum Gasteiger partial charge on any atom is -0.0982 e. The van der Waals surface area contributed by atoms with Crippen molar-refractivity contribution in [2.24, 2.45) is 11.8 Å². The van der Waals surface area contributed by atoms with Crippen LogP contribution in [-0.2, 0) is 6.42 Å². The van der Waals surface area contributed by atoms with E-state index in [4.69, 9.17) is 0 Å². The molecular weight excluding hydrogens is 336 g/mol. The van der Waals surface area contributed by atoms with Gasteiger partial charge in [-0.1, -0.05) is 81.8 Å². The third kappa shape index (κ3) is 6.32. The quantitative estimate of drug-likeness (QED) is 0.510. The molecule has 0 bridgehead atoms. The maximum Gasteiger partial charge on any atom is 0.0249 e. The topological polar surface area (TPSA) is 0 Å². The van der Waals surface area contributed by atoms with Crippen molar-refractivity contribution in [3.63, 3.8) is 0 Å². The van der Waals surface area contributed by atoms with E-state index in [1.165, 1.54) is 50.5 Å². The molecule has 0 heteroatoms. The molecule has 0 N–H and O–H groups in total. The summed E-state index contributed by atoms with van der Waals surface area (Å²) in [5, 5.41) is 0. The van der Waals surface area contributed by atoms with E-state index in [0.717, 1.165) is 34.9 Å². The number of hydrogen-bond acceptors (Lipinski definition) is 0. The first-order valence-electron chi connectivity index (χ1n) is 11.0. The second kappa shape index (κ2) is 10.8. The van der Waals surface area contributed by atoms with Crippen LogP contribution in [0.1, 0.15) is 81.0 Å². The molecule has 1 saturated carbocycles. The van der Waals surface area contributed by atoms with Gasteiger partial charge in [0.25, 0.3) is 0 Å². The molecule has 0 radical (unpaired) electrons. The molecule has 3 rings (SSSR count). The van der Waals surface area contributed by atoms with E-state index in [2.05, 4.69) is 61.8 Å². The van der Waals surface area contributed by atoms with E-state index < -0.39 is 0 Å². The Labute approximate surface area is 171 Å². The molecule has 0 unspecified atom stereocenters. The summed E-state index contributed by atoms with van der Waals surface area (Å²) in [5.74, 6) is 14.7. The summed E-state index contributed by atoms with van der Waals surface area (Å²) in [6.07, 6.45) is 10.6. The van der Waals surface area contributed by atoms with Crippen LogP contribution >= 0.6 is 0 Å². The fourth-order valence-corrected chi connectivity index (χ4v) is 4.03. The molecular formula is C28H32. The van der Waals surface area contributed by atoms with Crippen LogP contribution in [0.5, 0.6) is 0 Å². The summed E-state index contributed by atoms with van der Waals surface area (Å²) >= 11 is 0. The zero-order valence-electron chi connectivity index (χ0n) is 17.4. The number of rotatable bonds is 4. The van der Waals surface area contributed by atoms with E-state index in [-0.39, 0.29) is 0 Å². The van der Waals surface area contributed by atoms with Crippen LogP contribution in [0, 0.1) is 35.5 Å². The number of benzene rings is 2. The summed E-state index contributed by atoms with van der Waals surface area (Å²) < 4.78 is 0. The molecule has 0 nitrogen and oxygen atoms in total. The van der Waals surface area contributed by atoms with Gasteiger partial charge in [0.1, 0.15) is 0 Å². The standard InChI is InChI=1S/C28H32/c1-3-5-6-24-11-13-26(14-12-24)17-18-28-21-19-27(20-22-28)16-15-25-9-7-23(4-2)8-10-25/h11-14,19-23,25H,3-4,7-10,15-16H2,1-2H3. The van der Waals surface area contributed by atoms with Crippen LogP contribution in [0.2, 0.25) is 0 Å². The summed E-state index contributed by atoms with van der Waals surface area (Å²) in [6.45, 7) is 4.41. The summed E-state index contributed by atoms with van der Waals surface area (Å²) in [7, 11) is 0. The first-order chi connectivity index (χ1) is 13.8. The number of aryl methyl sites for hydroxylation is 1. The van der Waals surface area contributed by atoms with Crippen LogP contribution < -0.4 is 0 Å². The highest BCUT2D eigenvalue weighted by atomic mass is 14.2. The molecule has 0 heterocycles. The van der Waals surface area contributed by atoms with E-state index in [0.29, 0.717) is 0 Å². The molecule has 1 fully saturated rings. The van der Waals surface area contributed by atoms with Gasteiger partial charge in [0.15, 0.2) is 0 Å². The van der Waals surface area contributed by atoms with Gasteiger partial charge in [0, 0.05) is 23.1 Å². The zero-order valence-corrected chi connectivity index (χ0v) is 17.4. The van der Waals surface area contributed by atoms with Crippen molar-refractivity contribution in [2.75, 3.05) is 0 Å². The smallest absolute Gasteiger partial charge is 0.0249 e. The largest absolute Gasteiger partial charge is 0.0982 e. The molecule has 0 aromatic heterocycles. The van der Waals surface area contributed by atoms with Crippen LogP contribution in [-0.4, -0.2) is 0 Å². The van der Waals surface area contributed by atoms with Crippen molar-refractivity contribution in [3.8, 4) is 23.7 Å². The average Bonchev–Trinajstić information content (AvgIpc) is 2.76. The highest BCUT2D eigenvalue weighted by Crippen LogP contribution is 2.33. The highest BCUT2D eigenvalue weighted by Gasteiger charge is 2.19. The van der Waals surface area contributed by atoms with Crippen molar-refractivity contribution < 1.29 is 0 Å². The van der Waals surface area contributed by atoms with Gasteiger partial charge in [-0.05, 0) is 66.6 Å². The lowest BCUT2D eigenvalue weighted by molar-refractivity contribution is 0.259. The van der Waals surface area contributed by atoms with Crippen molar-refractivity contribution in [2.45, 2.75) is 65.2 Å². The van der Waals surface area contributed by atoms with Gasteiger partial charge < -0.3 is 0 Å². The van der Waals surface area contributed by atoms with E-state index in [9.17, 15) is 0 Å². The van der Waals surface area contributed by atoms with E-state index >= 15 is 0 Å². The number of hydrogen-bond donors (Lipinski definition) is 0. The van der Waals surface area contributed by atoms with Gasteiger partial charge >= 0.3 is 0 Å². The van der Waals surface area contributed by atoms with Crippen molar-refractivity contribution in [3.05, 3.63) is 70.8 Å². The Balaban J connectivity index is 1.50. The Morgan fingerprint density at radius 2 is 1.18 bits per heavy atom. The molecule has 1 aliphatic rings. The van der Waals surface area contributed by atoms with Crippen molar-refractivity contribution >= 4 is 0 Å². The molecule has 2 aromatic rings. The van der Waals surface area contributed by atoms with Gasteiger partial charge in [0.2, 0.25) is 0 Å². The van der Waals surface area contributed by atoms with Gasteiger partial charge in [-0.25, -0.2) is 0 Å². The minimum atomic E-state index is 0.886. The van der Waals surface area contributed by atoms with Crippen LogP contribution in [0.15, 0.2) is 48.5 Å². The normalized spacial score (nSPS) is 18.5. The Kier molecular flexibility index (Phi) is 7.82. The monoisotopic (exact) mass is 368 g/mol. The van der Waals surface area contributed by atoms with Gasteiger partial charge in [0.05, 0.1) is 0 Å². The molecule has 0 aliphatic heterocycles. The minimum absolute atomic E-state index is 0.886. The predicted octanol–water partition coefficient (Wildman–Crippen LogP) is 7.00. The van der Waals surface area contributed by atoms with Crippen LogP contribution in [0.4, 0.5) is 0 Å². The molecule has 144 valence electrons. The Bertz CT molecular complexity index is 839. The van der Waals surface area contributed by atoms with Crippen molar-refractivity contribution in [1.82, 2.24) is 0 Å². The lowest BCUT2D eigenvalue weighted by atomic mass is 9.78. The third-order valence-electron chi connectivity index (χ3n) is 5.98. The third-order valence-corrected chi connectivity index (χ3v) is 5.98. The second-order valence-electron chi connectivity index (χ2n) is 8.01. The van der Waals surface area contributed by atoms with Gasteiger partial charge in [-0.3, -0.25) is 0 Å². The zero-order chi connectivity index (χ0) is 19.6. The summed E-state index contributed by atoms with van der Waals surface area (Å²) in [5.41, 5.74) is 4.62. The van der Waals surface area contributed by atoms with E-state index in [1.54, 1.807) is 0 Å². The predicted molar refractivity (Wildman–Crippen MR) is 120 cm³/mol. The fourth-order valence-electron chi connectivity index (χ4n) is 4.03. The van der Waals surface area contributed by atoms with Crippen molar-refractivity contribution in [1.29, 1.82) is 0 Å². The maximum atomic E-state index is 3.28. The molecule has 0 amide bonds. The first kappa shape index (κ1) is 20.3. The lowest BCUT2D eigenvalue weighted by Crippen LogP contribution is -2.14. The maximum absolute atomic E-state index is 3.28. The van der Waals surface area contributed by atoms with Gasteiger partial charge in [-0.15, -0.1) is 0 Å². The average molecular weight is 369 g/mol. The second-order valence-corrected chi connectivity index (χ2v) is 8.01. The molecule has 0 saturated heterocycles. The molecule has 0 atom stereocenters. The van der Waals surface area contributed by atoms with E-state index in [1.807, 2.05) is 24.3 Å². The summed E-state index contributed by atoms with van der Waals surface area (Å²) in [6, 6.07) is 17.0. The van der Waals surface area contributed by atoms with Gasteiger partial charge in [-0.2, -0.15) is 0 Å². The molecule has 28 heavy (non-hydrogen) atoms. The molecule has 1 aliphatic carbocycles. The Morgan fingerprint density at radius 1 is 0.679 bits per heavy atom. The summed E-state index contributed by atoms with van der Waals surface area (Å²) in [4.78, 5) is 0. The highest BCUT2D eigenvalue weighted by molar-refractivity contribution is 5.46. The Morgan fingerprint density at radius 3 is 1.71 bits per heavy atom. The fraction of sp³-hybridized carbons (Fsp3) is 0.429. The molecule has 2 aromatic carbocycles. The van der Waals surface area contributed by atoms with Crippen LogP contribution in [0.3, 0.4) is 0 Å². The molecule has 0 spiro atoms. The SMILES string of the molecule is CCC#Cc1ccc(C#Cc2ccc(CCC3CCC(CC)CC3)cc2)cc1. The Hall–Kier alpha value is -2.44. The first-order valence-corrected chi connectivity index (χ1v) is 11.0. The lowest BCUT2D eigenvalue weighted by Gasteiger charge is -2.27. The van der Waals surface area contributed by atoms with Crippen LogP contribution in [0.25, 0.3) is 0 Å².